The molecule has 2 atom stereocenters. The van der Waals surface area contributed by atoms with Crippen molar-refractivity contribution >= 4 is 28.8 Å². The number of benzene rings is 1. The van der Waals surface area contributed by atoms with Crippen LogP contribution in [0.15, 0.2) is 41.9 Å². The third kappa shape index (κ3) is 5.45. The van der Waals surface area contributed by atoms with Crippen LogP contribution in [0, 0.1) is 10.3 Å². The Morgan fingerprint density at radius 2 is 2.06 bits per heavy atom. The van der Waals surface area contributed by atoms with Gasteiger partial charge in [0.15, 0.2) is 5.82 Å². The third-order valence-corrected chi connectivity index (χ3v) is 6.77. The van der Waals surface area contributed by atoms with Crippen LogP contribution in [-0.4, -0.2) is 68.2 Å². The zero-order valence-electron chi connectivity index (χ0n) is 19.8. The number of nitrogens with zero attached hydrogens (tertiary/aromatic N) is 3. The van der Waals surface area contributed by atoms with Crippen molar-refractivity contribution in [3.05, 3.63) is 41.6 Å². The van der Waals surface area contributed by atoms with E-state index in [0.717, 1.165) is 57.3 Å². The molecule has 0 saturated carbocycles. The Kier molecular flexibility index (Phi) is 7.63. The summed E-state index contributed by atoms with van der Waals surface area (Å²) >= 11 is 0. The highest BCUT2D eigenvalue weighted by atomic mass is 16.5. The van der Waals surface area contributed by atoms with E-state index in [2.05, 4.69) is 37.6 Å². The van der Waals surface area contributed by atoms with E-state index < -0.39 is 0 Å². The molecule has 6 N–H and O–H groups in total. The van der Waals surface area contributed by atoms with E-state index in [1.54, 1.807) is 6.07 Å². The minimum absolute atomic E-state index is 0.144. The van der Waals surface area contributed by atoms with Crippen molar-refractivity contribution in [1.82, 2.24) is 10.3 Å². The fraction of sp³-hybridized carbons (Fsp3) is 0.478. The summed E-state index contributed by atoms with van der Waals surface area (Å²) < 4.78 is 11.3. The molecule has 0 unspecified atom stereocenters. The van der Waals surface area contributed by atoms with Gasteiger partial charge in [0, 0.05) is 43.9 Å². The molecule has 12 nitrogen and oxygen atoms in total. The third-order valence-electron chi connectivity index (χ3n) is 6.77. The standard InChI is InChI=1S/C23H32N8O4/c1-3-23(32)27-17-9-18(26-21(24)11-22(28-25)29-33)20(34-2)10-19(17)30-6-4-14(5-7-30)31-12-16-8-15(31)13-35-16/h3,9-11,14-16,28H,1,4-8,12-13,25H2,2H3,(H2,24,26)(H,27,32)/b22-11+/t15-,16-/m0/s1. The van der Waals surface area contributed by atoms with Crippen molar-refractivity contribution in [1.29, 1.82) is 5.41 Å². The average molecular weight is 485 g/mol. The van der Waals surface area contributed by atoms with Crippen molar-refractivity contribution in [2.45, 2.75) is 37.5 Å². The van der Waals surface area contributed by atoms with Crippen LogP contribution < -0.4 is 31.5 Å². The molecular weight excluding hydrogens is 452 g/mol. The van der Waals surface area contributed by atoms with E-state index in [4.69, 9.17) is 20.7 Å². The van der Waals surface area contributed by atoms with Gasteiger partial charge in [0.25, 0.3) is 0 Å². The smallest absolute Gasteiger partial charge is 0.247 e. The van der Waals surface area contributed by atoms with Crippen LogP contribution in [-0.2, 0) is 9.53 Å². The number of piperidine rings is 1. The Labute approximate surface area is 203 Å². The van der Waals surface area contributed by atoms with Gasteiger partial charge >= 0.3 is 0 Å². The molecule has 3 heterocycles. The largest absolute Gasteiger partial charge is 0.494 e. The molecule has 3 fully saturated rings. The number of hydrogen-bond acceptors (Lipinski definition) is 10. The molecule has 4 rings (SSSR count). The number of nitrogens with one attached hydrogen (secondary N) is 4. The van der Waals surface area contributed by atoms with E-state index in [1.807, 2.05) is 6.07 Å². The summed E-state index contributed by atoms with van der Waals surface area (Å²) in [7, 11) is 1.53. The number of morpholine rings is 1. The fourth-order valence-corrected chi connectivity index (χ4v) is 5.11. The summed E-state index contributed by atoms with van der Waals surface area (Å²) in [5.41, 5.74) is 3.93. The monoisotopic (exact) mass is 484 g/mol. The zero-order valence-corrected chi connectivity index (χ0v) is 19.8. The van der Waals surface area contributed by atoms with E-state index in [1.165, 1.54) is 13.2 Å². The lowest BCUT2D eigenvalue weighted by atomic mass is 10.0. The first-order valence-corrected chi connectivity index (χ1v) is 11.6. The van der Waals surface area contributed by atoms with Crippen molar-refractivity contribution in [2.75, 3.05) is 48.9 Å². The van der Waals surface area contributed by atoms with Crippen molar-refractivity contribution in [3.63, 3.8) is 0 Å². The van der Waals surface area contributed by atoms with Crippen molar-refractivity contribution in [2.24, 2.45) is 11.0 Å². The molecular formula is C23H32N8O4. The molecule has 0 spiro atoms. The van der Waals surface area contributed by atoms with Gasteiger partial charge in [-0.1, -0.05) is 6.58 Å². The van der Waals surface area contributed by atoms with Gasteiger partial charge in [-0.15, -0.1) is 4.91 Å². The first kappa shape index (κ1) is 24.6. The van der Waals surface area contributed by atoms with Crippen molar-refractivity contribution < 1.29 is 14.3 Å². The summed E-state index contributed by atoms with van der Waals surface area (Å²) in [5.74, 6) is 4.99. The number of nitroso groups, excluding NO2 is 1. The maximum atomic E-state index is 12.2. The summed E-state index contributed by atoms with van der Waals surface area (Å²) in [6.07, 6.45) is 5.91. The van der Waals surface area contributed by atoms with Gasteiger partial charge in [0.05, 0.1) is 36.9 Å². The van der Waals surface area contributed by atoms with Gasteiger partial charge in [0.1, 0.15) is 11.6 Å². The van der Waals surface area contributed by atoms with Gasteiger partial charge in [-0.2, -0.15) is 0 Å². The molecule has 12 heteroatoms. The predicted molar refractivity (Wildman–Crippen MR) is 134 cm³/mol. The zero-order chi connectivity index (χ0) is 24.9. The van der Waals surface area contributed by atoms with E-state index >= 15 is 0 Å². The van der Waals surface area contributed by atoms with Crippen LogP contribution in [0.1, 0.15) is 19.3 Å². The van der Waals surface area contributed by atoms with E-state index in [-0.39, 0.29) is 17.6 Å². The summed E-state index contributed by atoms with van der Waals surface area (Å²) in [5, 5.41) is 16.5. The molecule has 3 aliphatic rings. The van der Waals surface area contributed by atoms with Crippen LogP contribution in [0.3, 0.4) is 0 Å². The number of likely N-dealkylation sites (tertiary alicyclic amines) is 1. The molecule has 35 heavy (non-hydrogen) atoms. The quantitative estimate of drug-likeness (QED) is 0.0879. The van der Waals surface area contributed by atoms with E-state index in [9.17, 15) is 9.70 Å². The molecule has 3 aliphatic heterocycles. The van der Waals surface area contributed by atoms with Gasteiger partial charge in [-0.3, -0.25) is 15.1 Å². The number of ether oxygens (including phenoxy) is 2. The first-order chi connectivity index (χ1) is 16.9. The minimum Gasteiger partial charge on any atom is -0.494 e. The molecule has 1 aromatic rings. The maximum absolute atomic E-state index is 12.2. The Morgan fingerprint density at radius 3 is 2.63 bits per heavy atom. The lowest BCUT2D eigenvalue weighted by molar-refractivity contribution is -0.111. The number of hydrogen-bond donors (Lipinski definition) is 5. The fourth-order valence-electron chi connectivity index (χ4n) is 5.11. The maximum Gasteiger partial charge on any atom is 0.247 e. The number of amides is 1. The normalized spacial score (nSPS) is 22.6. The molecule has 3 saturated heterocycles. The summed E-state index contributed by atoms with van der Waals surface area (Å²) in [6.45, 7) is 7.07. The first-order valence-electron chi connectivity index (χ1n) is 11.6. The second-order valence-corrected chi connectivity index (χ2v) is 8.83. The second-order valence-electron chi connectivity index (χ2n) is 8.83. The Morgan fingerprint density at radius 1 is 1.29 bits per heavy atom. The number of rotatable bonds is 9. The molecule has 0 aromatic heterocycles. The van der Waals surface area contributed by atoms with Crippen LogP contribution >= 0.6 is 0 Å². The number of carbonyl (C=O) groups excluding carboxylic acids is 1. The number of nitrogens with two attached hydrogens (primary N) is 1. The second kappa shape index (κ2) is 10.8. The molecule has 1 aromatic carbocycles. The number of fused-ring (bicyclic) bond motifs is 2. The van der Waals surface area contributed by atoms with Crippen LogP contribution in [0.5, 0.6) is 5.75 Å². The number of anilines is 3. The molecule has 2 bridgehead atoms. The molecule has 0 radical (unpaired) electrons. The summed E-state index contributed by atoms with van der Waals surface area (Å²) in [6, 6.07) is 4.61. The van der Waals surface area contributed by atoms with Crippen LogP contribution in [0.4, 0.5) is 17.1 Å². The SMILES string of the molecule is C=CC(=O)Nc1cc(NC(=N)/C=C(/N=O)NN)c(OC)cc1N1CCC(N2C[C@@H]3C[C@H]2CO3)CC1. The molecule has 188 valence electrons. The lowest BCUT2D eigenvalue weighted by Gasteiger charge is -2.41. The number of carbonyl (C=O) groups is 1. The highest BCUT2D eigenvalue weighted by Gasteiger charge is 2.42. The van der Waals surface area contributed by atoms with Gasteiger partial charge in [-0.25, -0.2) is 5.84 Å². The highest BCUT2D eigenvalue weighted by molar-refractivity contribution is 6.05. The van der Waals surface area contributed by atoms with E-state index in [0.29, 0.717) is 35.3 Å². The Bertz CT molecular complexity index is 1020. The lowest BCUT2D eigenvalue weighted by Crippen LogP contribution is -2.49. The van der Waals surface area contributed by atoms with Gasteiger partial charge in [0.2, 0.25) is 5.91 Å². The average Bonchev–Trinajstić information content (AvgIpc) is 3.51. The Hall–Kier alpha value is -3.48. The minimum atomic E-state index is -0.347. The topological polar surface area (TPSA) is 157 Å². The number of amidine groups is 1. The van der Waals surface area contributed by atoms with Crippen LogP contribution in [0.25, 0.3) is 0 Å². The molecule has 1 amide bonds. The summed E-state index contributed by atoms with van der Waals surface area (Å²) in [4.78, 5) is 27.8. The highest BCUT2D eigenvalue weighted by Crippen LogP contribution is 2.39. The van der Waals surface area contributed by atoms with Gasteiger partial charge < -0.3 is 30.4 Å². The van der Waals surface area contributed by atoms with Gasteiger partial charge in [-0.05, 0) is 36.6 Å². The molecule has 0 aliphatic carbocycles. The van der Waals surface area contributed by atoms with Crippen LogP contribution in [0.2, 0.25) is 0 Å². The number of hydrazine groups is 1. The Balaban J connectivity index is 1.54. The predicted octanol–water partition coefficient (Wildman–Crippen LogP) is 1.72. The van der Waals surface area contributed by atoms with Crippen molar-refractivity contribution in [3.8, 4) is 5.75 Å². The number of methoxy groups -OCH3 is 1.